The molecule has 0 atom stereocenters. The van der Waals surface area contributed by atoms with Crippen LogP contribution in [-0.4, -0.2) is 37.0 Å². The van der Waals surface area contributed by atoms with E-state index < -0.39 is 17.6 Å². The minimum absolute atomic E-state index is 0.320. The first-order valence-electron chi connectivity index (χ1n) is 12.2. The van der Waals surface area contributed by atoms with Crippen molar-refractivity contribution in [3.8, 4) is 22.5 Å². The van der Waals surface area contributed by atoms with Crippen molar-refractivity contribution in [3.05, 3.63) is 82.3 Å². The number of nitrogens with zero attached hydrogens (tertiary/aromatic N) is 6. The summed E-state index contributed by atoms with van der Waals surface area (Å²) in [5.41, 5.74) is 3.82. The molecule has 1 amide bonds. The molecule has 0 saturated heterocycles. The highest BCUT2D eigenvalue weighted by Crippen LogP contribution is 2.39. The van der Waals surface area contributed by atoms with Gasteiger partial charge in [0.15, 0.2) is 0 Å². The maximum atomic E-state index is 13.1. The van der Waals surface area contributed by atoms with Crippen LogP contribution in [0.3, 0.4) is 0 Å². The lowest BCUT2D eigenvalue weighted by Gasteiger charge is -2.19. The van der Waals surface area contributed by atoms with Crippen LogP contribution in [0.2, 0.25) is 0 Å². The topological polar surface area (TPSA) is 110 Å². The maximum absolute atomic E-state index is 13.1. The molecule has 2 N–H and O–H groups in total. The van der Waals surface area contributed by atoms with Gasteiger partial charge in [-0.25, -0.2) is 9.97 Å². The highest BCUT2D eigenvalue weighted by molar-refractivity contribution is 7.13. The predicted octanol–water partition coefficient (Wildman–Crippen LogP) is 5.45. The second-order valence-electron chi connectivity index (χ2n) is 9.23. The van der Waals surface area contributed by atoms with E-state index in [9.17, 15) is 18.0 Å². The monoisotopic (exact) mass is 562 g/mol. The number of alkyl halides is 3. The van der Waals surface area contributed by atoms with Gasteiger partial charge in [0.1, 0.15) is 17.3 Å². The smallest absolute Gasteiger partial charge is 0.369 e. The van der Waals surface area contributed by atoms with Crippen molar-refractivity contribution in [2.75, 3.05) is 17.2 Å². The molecule has 3 aromatic rings. The zero-order chi connectivity index (χ0) is 28.0. The molecule has 13 heteroatoms. The van der Waals surface area contributed by atoms with E-state index in [1.807, 2.05) is 31.4 Å². The van der Waals surface area contributed by atoms with Gasteiger partial charge in [0.2, 0.25) is 5.13 Å². The standard InChI is InChI=1S/C27H21F3N8OS/c1-14-3-4-18(35-24(39)21-10-17(5-6-31-21)27(28,29)30)11-19(14)20-9-16-12-33-25(37-26-34-15(2)13-40-26)36-22(16)38-8-7-32-23(20)38/h3-6,9-13,32H,7-8H2,1-2H3,(H,35,39). The number of hydrogen-bond donors (Lipinski definition) is 2. The van der Waals surface area contributed by atoms with Crippen molar-refractivity contribution in [2.24, 2.45) is 4.99 Å². The van der Waals surface area contributed by atoms with Crippen LogP contribution in [0.1, 0.15) is 27.3 Å². The summed E-state index contributed by atoms with van der Waals surface area (Å²) in [6.45, 7) is 5.23. The lowest BCUT2D eigenvalue weighted by Crippen LogP contribution is -2.17. The third-order valence-corrected chi connectivity index (χ3v) is 7.25. The number of pyridine rings is 2. The van der Waals surface area contributed by atoms with Gasteiger partial charge in [-0.3, -0.25) is 9.78 Å². The number of fused-ring (bicyclic) bond motifs is 3. The van der Waals surface area contributed by atoms with E-state index >= 15 is 0 Å². The van der Waals surface area contributed by atoms with Crippen LogP contribution in [0.4, 0.5) is 29.8 Å². The number of thiazole rings is 1. The number of carbonyl (C=O) groups is 1. The van der Waals surface area contributed by atoms with Gasteiger partial charge in [0.05, 0.1) is 11.3 Å². The number of nitrogens with one attached hydrogen (secondary N) is 2. The third-order valence-electron chi connectivity index (χ3n) is 6.40. The third kappa shape index (κ3) is 4.91. The van der Waals surface area contributed by atoms with Gasteiger partial charge in [-0.2, -0.15) is 23.1 Å². The zero-order valence-corrected chi connectivity index (χ0v) is 22.1. The van der Waals surface area contributed by atoms with Gasteiger partial charge in [0, 0.05) is 47.7 Å². The Morgan fingerprint density at radius 3 is 2.73 bits per heavy atom. The van der Waals surface area contributed by atoms with E-state index in [0.29, 0.717) is 29.5 Å². The average Bonchev–Trinajstić information content (AvgIpc) is 3.58. The minimum Gasteiger partial charge on any atom is -0.369 e. The summed E-state index contributed by atoms with van der Waals surface area (Å²) < 4.78 is 41.4. The Bertz CT molecular complexity index is 1810. The molecule has 1 aromatic carbocycles. The highest BCUT2D eigenvalue weighted by Gasteiger charge is 2.31. The number of anilines is 2. The summed E-state index contributed by atoms with van der Waals surface area (Å²) >= 11 is 1.42. The normalized spacial score (nSPS) is 13.4. The van der Waals surface area contributed by atoms with Crippen molar-refractivity contribution in [3.63, 3.8) is 0 Å². The van der Waals surface area contributed by atoms with Gasteiger partial charge in [0.25, 0.3) is 11.5 Å². The molecule has 3 aliphatic rings. The summed E-state index contributed by atoms with van der Waals surface area (Å²) in [6, 6.07) is 8.86. The molecular formula is C27H21F3N8OS. The average molecular weight is 563 g/mol. The number of hydrogen-bond acceptors (Lipinski definition) is 8. The summed E-state index contributed by atoms with van der Waals surface area (Å²) in [5.74, 6) is 0.842. The molecule has 0 spiro atoms. The molecule has 9 nitrogen and oxygen atoms in total. The molecule has 0 fully saturated rings. The fourth-order valence-corrected chi connectivity index (χ4v) is 5.17. The maximum Gasteiger partial charge on any atom is 0.416 e. The molecule has 6 rings (SSSR count). The second kappa shape index (κ2) is 9.83. The number of carbonyl (C=O) groups excluding carboxylic acids is 1. The lowest BCUT2D eigenvalue weighted by molar-refractivity contribution is -0.137. The Hall–Kier alpha value is -4.65. The molecule has 0 radical (unpaired) electrons. The van der Waals surface area contributed by atoms with E-state index in [-0.39, 0.29) is 5.69 Å². The van der Waals surface area contributed by atoms with Gasteiger partial charge in [-0.05, 0) is 55.3 Å². The van der Waals surface area contributed by atoms with Crippen molar-refractivity contribution in [1.82, 2.24) is 24.5 Å². The van der Waals surface area contributed by atoms with Gasteiger partial charge < -0.3 is 15.2 Å². The molecule has 3 aliphatic heterocycles. The number of aromatic nitrogens is 5. The largest absolute Gasteiger partial charge is 0.416 e. The van der Waals surface area contributed by atoms with E-state index in [4.69, 9.17) is 4.98 Å². The fraction of sp³-hybridized carbons (Fsp3) is 0.185. The Balaban J connectivity index is 1.37. The van der Waals surface area contributed by atoms with Gasteiger partial charge in [-0.15, -0.1) is 11.3 Å². The van der Waals surface area contributed by atoms with E-state index in [0.717, 1.165) is 57.9 Å². The molecule has 0 aliphatic carbocycles. The Labute approximate surface area is 229 Å². The van der Waals surface area contributed by atoms with Crippen LogP contribution in [0.25, 0.3) is 22.5 Å². The zero-order valence-electron chi connectivity index (χ0n) is 21.2. The quantitative estimate of drug-likeness (QED) is 0.302. The van der Waals surface area contributed by atoms with Crippen LogP contribution in [-0.2, 0) is 12.7 Å². The summed E-state index contributed by atoms with van der Waals surface area (Å²) in [4.78, 5) is 34.5. The van der Waals surface area contributed by atoms with Crippen LogP contribution in [0.5, 0.6) is 0 Å². The van der Waals surface area contributed by atoms with Crippen molar-refractivity contribution < 1.29 is 18.0 Å². The number of halogens is 3. The van der Waals surface area contributed by atoms with Crippen molar-refractivity contribution in [1.29, 1.82) is 0 Å². The molecule has 0 unspecified atom stereocenters. The van der Waals surface area contributed by atoms with E-state index in [1.54, 1.807) is 18.3 Å². The SMILES string of the molecule is Cc1csc(N=c2ncc3cc(-c4cc(NC(=O)c5cc(C(F)(F)F)ccn5)ccc4C)c4n(c-3n2)CCN4)n1. The predicted molar refractivity (Wildman–Crippen MR) is 145 cm³/mol. The minimum atomic E-state index is -4.57. The van der Waals surface area contributed by atoms with Crippen LogP contribution in [0.15, 0.2) is 59.2 Å². The number of amides is 1. The Morgan fingerprint density at radius 1 is 1.10 bits per heavy atom. The van der Waals surface area contributed by atoms with Crippen LogP contribution < -0.4 is 16.3 Å². The van der Waals surface area contributed by atoms with E-state index in [2.05, 4.69) is 35.1 Å². The lowest BCUT2D eigenvalue weighted by atomic mass is 9.98. The number of rotatable bonds is 4. The molecule has 0 bridgehead atoms. The van der Waals surface area contributed by atoms with Crippen molar-refractivity contribution in [2.45, 2.75) is 26.6 Å². The number of aryl methyl sites for hydroxylation is 2. The van der Waals surface area contributed by atoms with E-state index in [1.165, 1.54) is 11.3 Å². The summed E-state index contributed by atoms with van der Waals surface area (Å²) in [6.07, 6.45) is -1.89. The summed E-state index contributed by atoms with van der Waals surface area (Å²) in [7, 11) is 0. The van der Waals surface area contributed by atoms with Crippen molar-refractivity contribution >= 4 is 33.9 Å². The van der Waals surface area contributed by atoms with Gasteiger partial charge >= 0.3 is 6.18 Å². The molecule has 0 saturated carbocycles. The molecule has 202 valence electrons. The Morgan fingerprint density at radius 2 is 1.95 bits per heavy atom. The number of benzene rings is 1. The first-order chi connectivity index (χ1) is 19.2. The Kier molecular flexibility index (Phi) is 6.29. The molecule has 40 heavy (non-hydrogen) atoms. The molecular weight excluding hydrogens is 541 g/mol. The van der Waals surface area contributed by atoms with Gasteiger partial charge in [-0.1, -0.05) is 6.07 Å². The van der Waals surface area contributed by atoms with Crippen LogP contribution >= 0.6 is 11.3 Å². The molecule has 5 heterocycles. The second-order valence-corrected chi connectivity index (χ2v) is 10.1. The summed E-state index contributed by atoms with van der Waals surface area (Å²) in [5, 5.41) is 8.60. The molecule has 2 aromatic heterocycles. The first kappa shape index (κ1) is 25.6. The van der Waals surface area contributed by atoms with Crippen LogP contribution in [0, 0.1) is 13.8 Å². The first-order valence-corrected chi connectivity index (χ1v) is 13.1. The fourth-order valence-electron chi connectivity index (χ4n) is 4.51. The highest BCUT2D eigenvalue weighted by atomic mass is 32.1.